The van der Waals surface area contributed by atoms with E-state index in [1.54, 1.807) is 17.0 Å². The molecule has 0 bridgehead atoms. The van der Waals surface area contributed by atoms with Crippen LogP contribution in [0.4, 0.5) is 0 Å². The van der Waals surface area contributed by atoms with Crippen LogP contribution in [0.25, 0.3) is 0 Å². The Morgan fingerprint density at radius 2 is 1.58 bits per heavy atom. The molecular formula is C25H33N3O5. The van der Waals surface area contributed by atoms with E-state index in [4.69, 9.17) is 14.2 Å². The first-order valence-corrected chi connectivity index (χ1v) is 11.1. The minimum Gasteiger partial charge on any atom is -0.493 e. The van der Waals surface area contributed by atoms with Gasteiger partial charge in [-0.2, -0.15) is 0 Å². The number of carbonyl (C=O) groups is 2. The molecule has 2 amide bonds. The maximum absolute atomic E-state index is 13.6. The molecule has 1 aliphatic heterocycles. The molecule has 8 nitrogen and oxygen atoms in total. The number of ether oxygens (including phenoxy) is 3. The van der Waals surface area contributed by atoms with Crippen molar-refractivity contribution in [3.63, 3.8) is 0 Å². The fourth-order valence-electron chi connectivity index (χ4n) is 3.86. The van der Waals surface area contributed by atoms with Gasteiger partial charge in [-0.3, -0.25) is 9.59 Å². The van der Waals surface area contributed by atoms with Gasteiger partial charge >= 0.3 is 0 Å². The highest BCUT2D eigenvalue weighted by molar-refractivity contribution is 5.96. The Hall–Kier alpha value is -3.26. The molecule has 178 valence electrons. The molecule has 1 N–H and O–H groups in total. The molecule has 33 heavy (non-hydrogen) atoms. The van der Waals surface area contributed by atoms with Crippen molar-refractivity contribution in [2.75, 3.05) is 54.1 Å². The molecule has 3 rings (SSSR count). The van der Waals surface area contributed by atoms with Gasteiger partial charge < -0.3 is 29.3 Å². The fourth-order valence-corrected chi connectivity index (χ4v) is 3.86. The van der Waals surface area contributed by atoms with Crippen molar-refractivity contribution in [2.24, 2.45) is 0 Å². The van der Waals surface area contributed by atoms with Crippen LogP contribution in [-0.4, -0.2) is 75.7 Å². The summed E-state index contributed by atoms with van der Waals surface area (Å²) < 4.78 is 16.2. The Kier molecular flexibility index (Phi) is 8.54. The van der Waals surface area contributed by atoms with Crippen LogP contribution < -0.4 is 19.5 Å². The summed E-state index contributed by atoms with van der Waals surface area (Å²) in [5, 5.41) is 3.25. The molecule has 1 fully saturated rings. The maximum Gasteiger partial charge on any atom is 0.254 e. The third kappa shape index (κ3) is 6.16. The van der Waals surface area contributed by atoms with E-state index in [9.17, 15) is 9.59 Å². The monoisotopic (exact) mass is 455 g/mol. The smallest absolute Gasteiger partial charge is 0.254 e. The van der Waals surface area contributed by atoms with Gasteiger partial charge in [0.15, 0.2) is 11.5 Å². The van der Waals surface area contributed by atoms with Crippen molar-refractivity contribution in [1.82, 2.24) is 15.1 Å². The summed E-state index contributed by atoms with van der Waals surface area (Å²) in [5.74, 6) is 1.10. The number of benzene rings is 2. The lowest BCUT2D eigenvalue weighted by Gasteiger charge is -2.29. The van der Waals surface area contributed by atoms with Crippen molar-refractivity contribution in [2.45, 2.75) is 19.9 Å². The van der Waals surface area contributed by atoms with Crippen LogP contribution in [0.1, 0.15) is 27.9 Å². The maximum atomic E-state index is 13.6. The summed E-state index contributed by atoms with van der Waals surface area (Å²) >= 11 is 0. The van der Waals surface area contributed by atoms with E-state index in [1.807, 2.05) is 36.1 Å². The molecule has 0 saturated carbocycles. The summed E-state index contributed by atoms with van der Waals surface area (Å²) in [6.07, 6.45) is 0.266. The minimum atomic E-state index is -0.206. The molecule has 1 saturated heterocycles. The molecule has 0 radical (unpaired) electrons. The second kappa shape index (κ2) is 11.6. The lowest BCUT2D eigenvalue weighted by Crippen LogP contribution is -2.47. The zero-order valence-corrected chi connectivity index (χ0v) is 19.8. The van der Waals surface area contributed by atoms with Crippen molar-refractivity contribution in [3.05, 3.63) is 53.1 Å². The lowest BCUT2D eigenvalue weighted by molar-refractivity contribution is -0.132. The average molecular weight is 456 g/mol. The SMILES string of the molecule is COc1cc(C(=O)N(CCC(=O)N2CCNCC2)Cc2ccc(C)cc2)cc(OC)c1OC. The van der Waals surface area contributed by atoms with Gasteiger partial charge in [0.2, 0.25) is 11.7 Å². The third-order valence-electron chi connectivity index (χ3n) is 5.76. The van der Waals surface area contributed by atoms with Gasteiger partial charge in [0.25, 0.3) is 5.91 Å². The van der Waals surface area contributed by atoms with E-state index in [2.05, 4.69) is 5.32 Å². The fraction of sp³-hybridized carbons (Fsp3) is 0.440. The van der Waals surface area contributed by atoms with Gasteiger partial charge in [0.1, 0.15) is 0 Å². The molecule has 0 unspecified atom stereocenters. The summed E-state index contributed by atoms with van der Waals surface area (Å²) in [6, 6.07) is 11.3. The van der Waals surface area contributed by atoms with Gasteiger partial charge in [-0.1, -0.05) is 29.8 Å². The van der Waals surface area contributed by atoms with E-state index in [0.29, 0.717) is 49.0 Å². The van der Waals surface area contributed by atoms with Crippen molar-refractivity contribution >= 4 is 11.8 Å². The lowest BCUT2D eigenvalue weighted by atomic mass is 10.1. The quantitative estimate of drug-likeness (QED) is 0.626. The molecule has 1 aliphatic rings. The second-order valence-corrected chi connectivity index (χ2v) is 8.01. The number of rotatable bonds is 9. The topological polar surface area (TPSA) is 80.3 Å². The molecule has 0 aromatic heterocycles. The van der Waals surface area contributed by atoms with Crippen LogP contribution in [-0.2, 0) is 11.3 Å². The molecule has 8 heteroatoms. The number of aryl methyl sites for hydroxylation is 1. The molecule has 0 atom stereocenters. The number of amides is 2. The Balaban J connectivity index is 1.84. The van der Waals surface area contributed by atoms with E-state index in [1.165, 1.54) is 21.3 Å². The zero-order chi connectivity index (χ0) is 23.8. The number of carbonyl (C=O) groups excluding carboxylic acids is 2. The summed E-state index contributed by atoms with van der Waals surface area (Å²) in [4.78, 5) is 29.9. The average Bonchev–Trinajstić information content (AvgIpc) is 2.86. The van der Waals surface area contributed by atoms with Gasteiger partial charge in [0, 0.05) is 51.3 Å². The highest BCUT2D eigenvalue weighted by Crippen LogP contribution is 2.38. The molecule has 0 spiro atoms. The van der Waals surface area contributed by atoms with Crippen LogP contribution in [0.15, 0.2) is 36.4 Å². The normalized spacial score (nSPS) is 13.4. The van der Waals surface area contributed by atoms with Gasteiger partial charge in [0.05, 0.1) is 21.3 Å². The van der Waals surface area contributed by atoms with Gasteiger partial charge in [-0.05, 0) is 24.6 Å². The van der Waals surface area contributed by atoms with E-state index in [0.717, 1.165) is 24.2 Å². The Morgan fingerprint density at radius 3 is 2.12 bits per heavy atom. The number of piperazine rings is 1. The first kappa shape index (κ1) is 24.4. The third-order valence-corrected chi connectivity index (χ3v) is 5.76. The van der Waals surface area contributed by atoms with Crippen molar-refractivity contribution in [1.29, 1.82) is 0 Å². The molecule has 2 aromatic carbocycles. The van der Waals surface area contributed by atoms with Crippen LogP contribution in [0.3, 0.4) is 0 Å². The summed E-state index contributed by atoms with van der Waals surface area (Å²) in [5.41, 5.74) is 2.55. The van der Waals surface area contributed by atoms with Crippen LogP contribution >= 0.6 is 0 Å². The molecule has 1 heterocycles. The summed E-state index contributed by atoms with van der Waals surface area (Å²) in [6.45, 7) is 5.70. The Morgan fingerprint density at radius 1 is 0.970 bits per heavy atom. The predicted octanol–water partition coefficient (Wildman–Crippen LogP) is 2.49. The van der Waals surface area contributed by atoms with E-state index < -0.39 is 0 Å². The summed E-state index contributed by atoms with van der Waals surface area (Å²) in [7, 11) is 4.55. The van der Waals surface area contributed by atoms with E-state index in [-0.39, 0.29) is 18.2 Å². The standard InChI is InChI=1S/C25H33N3O5/c1-18-5-7-19(8-6-18)17-28(12-9-23(29)27-13-10-26-11-14-27)25(30)20-15-21(31-2)24(33-4)22(16-20)32-3/h5-8,15-16,26H,9-14,17H2,1-4H3. The van der Waals surface area contributed by atoms with E-state index >= 15 is 0 Å². The van der Waals surface area contributed by atoms with Gasteiger partial charge in [-0.25, -0.2) is 0 Å². The Labute approximate surface area is 195 Å². The van der Waals surface area contributed by atoms with Gasteiger partial charge in [-0.15, -0.1) is 0 Å². The molecule has 0 aliphatic carbocycles. The molecule has 2 aromatic rings. The first-order chi connectivity index (χ1) is 16.0. The van der Waals surface area contributed by atoms with Crippen LogP contribution in [0.2, 0.25) is 0 Å². The Bertz CT molecular complexity index is 930. The van der Waals surface area contributed by atoms with Crippen molar-refractivity contribution < 1.29 is 23.8 Å². The molecular weight excluding hydrogens is 422 g/mol. The number of nitrogens with zero attached hydrogens (tertiary/aromatic N) is 2. The second-order valence-electron chi connectivity index (χ2n) is 8.01. The predicted molar refractivity (Wildman–Crippen MR) is 126 cm³/mol. The highest BCUT2D eigenvalue weighted by Gasteiger charge is 2.23. The van der Waals surface area contributed by atoms with Crippen LogP contribution in [0.5, 0.6) is 17.2 Å². The largest absolute Gasteiger partial charge is 0.493 e. The minimum absolute atomic E-state index is 0.0584. The number of methoxy groups -OCH3 is 3. The van der Waals surface area contributed by atoms with Crippen LogP contribution in [0, 0.1) is 6.92 Å². The first-order valence-electron chi connectivity index (χ1n) is 11.1. The highest BCUT2D eigenvalue weighted by atomic mass is 16.5. The zero-order valence-electron chi connectivity index (χ0n) is 19.8. The van der Waals surface area contributed by atoms with Crippen molar-refractivity contribution in [3.8, 4) is 17.2 Å². The number of hydrogen-bond acceptors (Lipinski definition) is 6. The number of hydrogen-bond donors (Lipinski definition) is 1. The number of nitrogens with one attached hydrogen (secondary N) is 1.